The summed E-state index contributed by atoms with van der Waals surface area (Å²) in [6.45, 7) is 3.05. The third kappa shape index (κ3) is 4.20. The summed E-state index contributed by atoms with van der Waals surface area (Å²) < 4.78 is 25.5. The van der Waals surface area contributed by atoms with Gasteiger partial charge < -0.3 is 10.8 Å². The van der Waals surface area contributed by atoms with Crippen molar-refractivity contribution >= 4 is 27.2 Å². The van der Waals surface area contributed by atoms with Crippen molar-refractivity contribution in [2.45, 2.75) is 24.3 Å². The van der Waals surface area contributed by atoms with Crippen molar-refractivity contribution in [3.63, 3.8) is 0 Å². The van der Waals surface area contributed by atoms with Crippen molar-refractivity contribution in [3.05, 3.63) is 24.0 Å². The van der Waals surface area contributed by atoms with Crippen LogP contribution in [0, 0.1) is 0 Å². The van der Waals surface area contributed by atoms with E-state index in [9.17, 15) is 13.5 Å². The van der Waals surface area contributed by atoms with Crippen LogP contribution in [0.25, 0.3) is 0 Å². The molecule has 0 fully saturated rings. The standard InChI is InChI=1S/C11H17N3O3S2/c1-11(2,15)7-14(3)19(16,17)8-4-5-9(10(12)18)13-6-8/h4-6,15H,7H2,1-3H3,(H2,12,18). The smallest absolute Gasteiger partial charge is 0.244 e. The zero-order chi connectivity index (χ0) is 14.8. The highest BCUT2D eigenvalue weighted by atomic mass is 32.2. The summed E-state index contributed by atoms with van der Waals surface area (Å²) in [7, 11) is -2.29. The minimum atomic E-state index is -3.69. The average Bonchev–Trinajstić information content (AvgIpc) is 2.26. The number of aliphatic hydroxyl groups is 1. The summed E-state index contributed by atoms with van der Waals surface area (Å²) in [4.78, 5) is 4.02. The fourth-order valence-electron chi connectivity index (χ4n) is 1.49. The SMILES string of the molecule is CN(CC(C)(C)O)S(=O)(=O)c1ccc(C(N)=S)nc1. The van der Waals surface area contributed by atoms with E-state index in [0.717, 1.165) is 4.31 Å². The van der Waals surface area contributed by atoms with Crippen molar-refractivity contribution in [2.75, 3.05) is 13.6 Å². The summed E-state index contributed by atoms with van der Waals surface area (Å²) in [6.07, 6.45) is 1.20. The maximum Gasteiger partial charge on any atom is 0.244 e. The van der Waals surface area contributed by atoms with Gasteiger partial charge in [0.1, 0.15) is 9.88 Å². The van der Waals surface area contributed by atoms with E-state index in [0.29, 0.717) is 5.69 Å². The van der Waals surface area contributed by atoms with Gasteiger partial charge in [0.05, 0.1) is 11.3 Å². The Hall–Kier alpha value is -1.09. The maximum atomic E-state index is 12.2. The Morgan fingerprint density at radius 1 is 1.53 bits per heavy atom. The number of likely N-dealkylation sites (N-methyl/N-ethyl adjacent to an activating group) is 1. The Morgan fingerprint density at radius 3 is 2.47 bits per heavy atom. The van der Waals surface area contributed by atoms with Crippen LogP contribution >= 0.6 is 12.2 Å². The summed E-state index contributed by atoms with van der Waals surface area (Å²) >= 11 is 4.74. The molecular weight excluding hydrogens is 286 g/mol. The first kappa shape index (κ1) is 16.0. The number of hydrogen-bond donors (Lipinski definition) is 2. The number of pyridine rings is 1. The van der Waals surface area contributed by atoms with Crippen molar-refractivity contribution in [1.29, 1.82) is 0 Å². The van der Waals surface area contributed by atoms with Crippen LogP contribution in [0.1, 0.15) is 19.5 Å². The number of aromatic nitrogens is 1. The van der Waals surface area contributed by atoms with Crippen molar-refractivity contribution in [3.8, 4) is 0 Å². The Bertz CT molecular complexity index is 562. The first-order valence-corrected chi connectivity index (χ1v) is 7.33. The second-order valence-electron chi connectivity index (χ2n) is 4.82. The molecule has 106 valence electrons. The molecule has 0 amide bonds. The fraction of sp³-hybridized carbons (Fsp3) is 0.455. The van der Waals surface area contributed by atoms with E-state index in [1.807, 2.05) is 0 Å². The molecule has 0 bridgehead atoms. The van der Waals surface area contributed by atoms with Gasteiger partial charge in [0.25, 0.3) is 0 Å². The lowest BCUT2D eigenvalue weighted by Crippen LogP contribution is -2.39. The van der Waals surface area contributed by atoms with Gasteiger partial charge in [0.2, 0.25) is 10.0 Å². The van der Waals surface area contributed by atoms with E-state index < -0.39 is 15.6 Å². The number of sulfonamides is 1. The average molecular weight is 303 g/mol. The topological polar surface area (TPSA) is 96.5 Å². The Kier molecular flexibility index (Phi) is 4.62. The number of hydrogen-bond acceptors (Lipinski definition) is 5. The highest BCUT2D eigenvalue weighted by Gasteiger charge is 2.26. The Morgan fingerprint density at radius 2 is 2.11 bits per heavy atom. The van der Waals surface area contributed by atoms with Gasteiger partial charge in [-0.25, -0.2) is 8.42 Å². The Labute approximate surface area is 118 Å². The van der Waals surface area contributed by atoms with E-state index in [2.05, 4.69) is 4.98 Å². The van der Waals surface area contributed by atoms with Crippen molar-refractivity contribution in [2.24, 2.45) is 5.73 Å². The predicted octanol–water partition coefficient (Wildman–Crippen LogP) is 0.107. The van der Waals surface area contributed by atoms with Crippen LogP contribution in [0.15, 0.2) is 23.2 Å². The van der Waals surface area contributed by atoms with E-state index in [1.165, 1.54) is 39.2 Å². The van der Waals surface area contributed by atoms with Gasteiger partial charge in [-0.2, -0.15) is 4.31 Å². The number of nitrogens with zero attached hydrogens (tertiary/aromatic N) is 2. The first-order chi connectivity index (χ1) is 8.54. The van der Waals surface area contributed by atoms with Crippen LogP contribution in [-0.2, 0) is 10.0 Å². The molecular formula is C11H17N3O3S2. The normalized spacial score (nSPS) is 12.7. The van der Waals surface area contributed by atoms with Crippen LogP contribution in [0.2, 0.25) is 0 Å². The molecule has 0 aromatic carbocycles. The third-order valence-electron chi connectivity index (χ3n) is 2.31. The zero-order valence-corrected chi connectivity index (χ0v) is 12.6. The molecule has 6 nitrogen and oxygen atoms in total. The minimum absolute atomic E-state index is 0.0214. The van der Waals surface area contributed by atoms with Crippen LogP contribution in [-0.4, -0.2) is 47.0 Å². The van der Waals surface area contributed by atoms with Gasteiger partial charge in [-0.05, 0) is 26.0 Å². The van der Waals surface area contributed by atoms with Gasteiger partial charge in [-0.3, -0.25) is 4.98 Å². The molecule has 0 saturated carbocycles. The summed E-state index contributed by atoms with van der Waals surface area (Å²) in [5.74, 6) is 0. The van der Waals surface area contributed by atoms with Crippen LogP contribution in [0.4, 0.5) is 0 Å². The molecule has 1 aromatic heterocycles. The zero-order valence-electron chi connectivity index (χ0n) is 11.0. The molecule has 0 atom stereocenters. The number of thiocarbonyl (C=S) groups is 1. The van der Waals surface area contributed by atoms with Gasteiger partial charge in [0, 0.05) is 19.8 Å². The maximum absolute atomic E-state index is 12.2. The summed E-state index contributed by atoms with van der Waals surface area (Å²) in [6, 6.07) is 2.84. The Balaban J connectivity index is 3.03. The molecule has 0 aliphatic carbocycles. The van der Waals surface area contributed by atoms with Gasteiger partial charge >= 0.3 is 0 Å². The van der Waals surface area contributed by atoms with Crippen molar-refractivity contribution in [1.82, 2.24) is 9.29 Å². The quantitative estimate of drug-likeness (QED) is 0.749. The molecule has 0 spiro atoms. The lowest BCUT2D eigenvalue weighted by atomic mass is 10.1. The molecule has 19 heavy (non-hydrogen) atoms. The van der Waals surface area contributed by atoms with E-state index in [1.54, 1.807) is 0 Å². The van der Waals surface area contributed by atoms with Gasteiger partial charge in [0.15, 0.2) is 0 Å². The van der Waals surface area contributed by atoms with E-state index in [4.69, 9.17) is 18.0 Å². The lowest BCUT2D eigenvalue weighted by molar-refractivity contribution is 0.0640. The molecule has 3 N–H and O–H groups in total. The molecule has 1 aromatic rings. The number of rotatable bonds is 5. The largest absolute Gasteiger partial charge is 0.389 e. The summed E-state index contributed by atoms with van der Waals surface area (Å²) in [5.41, 5.74) is 4.64. The molecule has 0 saturated heterocycles. The second-order valence-corrected chi connectivity index (χ2v) is 7.30. The molecule has 8 heteroatoms. The van der Waals surface area contributed by atoms with Gasteiger partial charge in [-0.15, -0.1) is 0 Å². The molecule has 0 aliphatic rings. The first-order valence-electron chi connectivity index (χ1n) is 5.48. The monoisotopic (exact) mass is 303 g/mol. The minimum Gasteiger partial charge on any atom is -0.389 e. The van der Waals surface area contributed by atoms with Crippen LogP contribution < -0.4 is 5.73 Å². The van der Waals surface area contributed by atoms with Gasteiger partial charge in [-0.1, -0.05) is 12.2 Å². The van der Waals surface area contributed by atoms with E-state index >= 15 is 0 Å². The third-order valence-corrected chi connectivity index (χ3v) is 4.30. The molecule has 0 aliphatic heterocycles. The number of nitrogens with two attached hydrogens (primary N) is 1. The van der Waals surface area contributed by atoms with Crippen LogP contribution in [0.5, 0.6) is 0 Å². The van der Waals surface area contributed by atoms with Crippen molar-refractivity contribution < 1.29 is 13.5 Å². The predicted molar refractivity (Wildman–Crippen MR) is 76.2 cm³/mol. The highest BCUT2D eigenvalue weighted by Crippen LogP contribution is 2.16. The lowest BCUT2D eigenvalue weighted by Gasteiger charge is -2.24. The molecule has 1 heterocycles. The van der Waals surface area contributed by atoms with Crippen LogP contribution in [0.3, 0.4) is 0 Å². The summed E-state index contributed by atoms with van der Waals surface area (Å²) in [5, 5.41) is 9.66. The molecule has 1 rings (SSSR count). The molecule has 0 radical (unpaired) electrons. The molecule has 0 unspecified atom stereocenters. The van der Waals surface area contributed by atoms with E-state index in [-0.39, 0.29) is 16.4 Å². The second kappa shape index (κ2) is 5.49. The fourth-order valence-corrected chi connectivity index (χ4v) is 2.88. The highest BCUT2D eigenvalue weighted by molar-refractivity contribution is 7.89.